The lowest BCUT2D eigenvalue weighted by Crippen LogP contribution is -2.15. The molecule has 4 aromatic carbocycles. The first-order valence-electron chi connectivity index (χ1n) is 14.0. The van der Waals surface area contributed by atoms with E-state index in [1.807, 2.05) is 37.3 Å². The highest BCUT2D eigenvalue weighted by Gasteiger charge is 2.35. The van der Waals surface area contributed by atoms with E-state index in [9.17, 15) is 0 Å². The van der Waals surface area contributed by atoms with Gasteiger partial charge in [-0.05, 0) is 53.8 Å². The summed E-state index contributed by atoms with van der Waals surface area (Å²) in [4.78, 5) is 19.6. The van der Waals surface area contributed by atoms with Gasteiger partial charge in [0, 0.05) is 39.1 Å². The summed E-state index contributed by atoms with van der Waals surface area (Å²) in [6.07, 6.45) is 0. The van der Waals surface area contributed by atoms with Crippen LogP contribution in [-0.4, -0.2) is 19.9 Å². The van der Waals surface area contributed by atoms with Gasteiger partial charge in [-0.2, -0.15) is 0 Å². The molecule has 6 aromatic rings. The van der Waals surface area contributed by atoms with Gasteiger partial charge in [0.05, 0.1) is 0 Å². The maximum Gasteiger partial charge on any atom is 0.164 e. The second kappa shape index (κ2) is 9.60. The fraction of sp³-hybridized carbons (Fsp3) is 0.135. The Morgan fingerprint density at radius 1 is 0.439 bits per heavy atom. The van der Waals surface area contributed by atoms with Gasteiger partial charge in [-0.25, -0.2) is 15.0 Å². The van der Waals surface area contributed by atoms with Gasteiger partial charge < -0.3 is 0 Å². The van der Waals surface area contributed by atoms with Crippen LogP contribution in [0.15, 0.2) is 109 Å². The first-order chi connectivity index (χ1) is 19.9. The van der Waals surface area contributed by atoms with Crippen LogP contribution in [0.3, 0.4) is 0 Å². The lowest BCUT2D eigenvalue weighted by atomic mass is 9.82. The number of rotatable bonds is 4. The molecule has 1 aliphatic rings. The average Bonchev–Trinajstić information content (AvgIpc) is 3.23. The standard InChI is InChI=1S/C37H30N4/c1-23-14-20-29(24(2)38-23)25-15-17-27(18-16-25)35-39-34(26-10-6-5-7-11-26)40-36(41-35)28-19-21-31-30-12-8-9-13-32(30)37(3,4)33(31)22-28/h5-22H,1-4H3. The number of benzene rings is 4. The highest BCUT2D eigenvalue weighted by Crippen LogP contribution is 2.49. The van der Waals surface area contributed by atoms with Gasteiger partial charge in [0.1, 0.15) is 0 Å². The molecule has 0 saturated carbocycles. The molecule has 41 heavy (non-hydrogen) atoms. The number of nitrogens with zero attached hydrogens (tertiary/aromatic N) is 4. The van der Waals surface area contributed by atoms with E-state index in [2.05, 4.69) is 105 Å². The van der Waals surface area contributed by atoms with Crippen LogP contribution in [0.5, 0.6) is 0 Å². The van der Waals surface area contributed by atoms with Crippen LogP contribution in [0, 0.1) is 13.8 Å². The van der Waals surface area contributed by atoms with Crippen molar-refractivity contribution in [2.24, 2.45) is 0 Å². The molecule has 1 aliphatic carbocycles. The summed E-state index contributed by atoms with van der Waals surface area (Å²) in [6.45, 7) is 8.66. The van der Waals surface area contributed by atoms with Crippen LogP contribution in [0.2, 0.25) is 0 Å². The fourth-order valence-electron chi connectivity index (χ4n) is 5.98. The maximum atomic E-state index is 5.02. The van der Waals surface area contributed by atoms with Crippen molar-refractivity contribution >= 4 is 0 Å². The van der Waals surface area contributed by atoms with Gasteiger partial charge in [-0.15, -0.1) is 0 Å². The average molecular weight is 531 g/mol. The van der Waals surface area contributed by atoms with Crippen LogP contribution < -0.4 is 0 Å². The zero-order chi connectivity index (χ0) is 28.1. The van der Waals surface area contributed by atoms with E-state index >= 15 is 0 Å². The molecule has 0 fully saturated rings. The molecule has 0 atom stereocenters. The fourth-order valence-corrected chi connectivity index (χ4v) is 5.98. The molecule has 2 aromatic heterocycles. The number of aromatic nitrogens is 4. The lowest BCUT2D eigenvalue weighted by molar-refractivity contribution is 0.660. The minimum Gasteiger partial charge on any atom is -0.258 e. The largest absolute Gasteiger partial charge is 0.258 e. The van der Waals surface area contributed by atoms with Gasteiger partial charge >= 0.3 is 0 Å². The molecule has 2 heterocycles. The second-order valence-electron chi connectivity index (χ2n) is 11.3. The van der Waals surface area contributed by atoms with Crippen molar-refractivity contribution in [1.82, 2.24) is 19.9 Å². The molecule has 0 spiro atoms. The molecule has 4 nitrogen and oxygen atoms in total. The quantitative estimate of drug-likeness (QED) is 0.228. The summed E-state index contributed by atoms with van der Waals surface area (Å²) >= 11 is 0. The van der Waals surface area contributed by atoms with E-state index in [-0.39, 0.29) is 5.41 Å². The normalized spacial score (nSPS) is 13.1. The van der Waals surface area contributed by atoms with Crippen molar-refractivity contribution in [3.05, 3.63) is 132 Å². The molecule has 0 radical (unpaired) electrons. The Hall–Kier alpha value is -4.96. The number of pyridine rings is 1. The van der Waals surface area contributed by atoms with Crippen molar-refractivity contribution in [1.29, 1.82) is 0 Å². The molecular weight excluding hydrogens is 500 g/mol. The van der Waals surface area contributed by atoms with Crippen molar-refractivity contribution in [3.8, 4) is 56.4 Å². The molecule has 4 heteroatoms. The molecule has 7 rings (SSSR count). The van der Waals surface area contributed by atoms with Gasteiger partial charge in [0.25, 0.3) is 0 Å². The van der Waals surface area contributed by atoms with Gasteiger partial charge in [-0.3, -0.25) is 4.98 Å². The van der Waals surface area contributed by atoms with E-state index in [4.69, 9.17) is 15.0 Å². The summed E-state index contributed by atoms with van der Waals surface area (Å²) in [5.41, 5.74) is 12.3. The Balaban J connectivity index is 1.34. The Labute approximate surface area is 240 Å². The summed E-state index contributed by atoms with van der Waals surface area (Å²) in [5.74, 6) is 1.99. The lowest BCUT2D eigenvalue weighted by Gasteiger charge is -2.21. The minimum absolute atomic E-state index is 0.0984. The minimum atomic E-state index is -0.0984. The zero-order valence-corrected chi connectivity index (χ0v) is 23.7. The summed E-state index contributed by atoms with van der Waals surface area (Å²) in [6, 6.07) is 38.0. The summed E-state index contributed by atoms with van der Waals surface area (Å²) in [7, 11) is 0. The highest BCUT2D eigenvalue weighted by molar-refractivity contribution is 5.83. The van der Waals surface area contributed by atoms with Crippen LogP contribution in [-0.2, 0) is 5.41 Å². The highest BCUT2D eigenvalue weighted by atomic mass is 15.0. The Bertz CT molecular complexity index is 1920. The van der Waals surface area contributed by atoms with Crippen molar-refractivity contribution < 1.29 is 0 Å². The predicted octanol–water partition coefficient (Wildman–Crippen LogP) is 8.86. The van der Waals surface area contributed by atoms with Crippen molar-refractivity contribution in [3.63, 3.8) is 0 Å². The van der Waals surface area contributed by atoms with Gasteiger partial charge in [0.2, 0.25) is 0 Å². The number of hydrogen-bond donors (Lipinski definition) is 0. The molecular formula is C37H30N4. The van der Waals surface area contributed by atoms with E-state index < -0.39 is 0 Å². The predicted molar refractivity (Wildman–Crippen MR) is 166 cm³/mol. The number of fused-ring (bicyclic) bond motifs is 3. The SMILES string of the molecule is Cc1ccc(-c2ccc(-c3nc(-c4ccccc4)nc(-c4ccc5c(c4)C(C)(C)c4ccccc4-5)n3)cc2)c(C)n1. The molecule has 0 bridgehead atoms. The maximum absolute atomic E-state index is 5.02. The van der Waals surface area contributed by atoms with E-state index in [1.165, 1.54) is 22.3 Å². The summed E-state index contributed by atoms with van der Waals surface area (Å²) < 4.78 is 0. The van der Waals surface area contributed by atoms with Crippen molar-refractivity contribution in [2.45, 2.75) is 33.1 Å². The first-order valence-corrected chi connectivity index (χ1v) is 14.0. The molecule has 0 amide bonds. The monoisotopic (exact) mass is 530 g/mol. The third-order valence-electron chi connectivity index (χ3n) is 8.19. The van der Waals surface area contributed by atoms with Crippen LogP contribution >= 0.6 is 0 Å². The molecule has 0 unspecified atom stereocenters. The van der Waals surface area contributed by atoms with E-state index in [0.717, 1.165) is 39.2 Å². The Morgan fingerprint density at radius 3 is 1.68 bits per heavy atom. The van der Waals surface area contributed by atoms with Crippen LogP contribution in [0.25, 0.3) is 56.4 Å². The van der Waals surface area contributed by atoms with Gasteiger partial charge in [0.15, 0.2) is 17.5 Å². The van der Waals surface area contributed by atoms with E-state index in [1.54, 1.807) is 0 Å². The van der Waals surface area contributed by atoms with E-state index in [0.29, 0.717) is 17.5 Å². The smallest absolute Gasteiger partial charge is 0.164 e. The zero-order valence-electron chi connectivity index (χ0n) is 23.7. The Kier molecular flexibility index (Phi) is 5.86. The molecule has 0 saturated heterocycles. The van der Waals surface area contributed by atoms with Crippen molar-refractivity contribution in [2.75, 3.05) is 0 Å². The topological polar surface area (TPSA) is 51.6 Å². The third-order valence-corrected chi connectivity index (χ3v) is 8.19. The number of hydrogen-bond acceptors (Lipinski definition) is 4. The molecule has 198 valence electrons. The molecule has 0 N–H and O–H groups in total. The van der Waals surface area contributed by atoms with Crippen LogP contribution in [0.1, 0.15) is 36.4 Å². The number of aryl methyl sites for hydroxylation is 2. The molecule has 0 aliphatic heterocycles. The van der Waals surface area contributed by atoms with Crippen LogP contribution in [0.4, 0.5) is 0 Å². The third kappa shape index (κ3) is 4.33. The summed E-state index contributed by atoms with van der Waals surface area (Å²) in [5, 5.41) is 0. The second-order valence-corrected chi connectivity index (χ2v) is 11.3. The Morgan fingerprint density at radius 2 is 0.976 bits per heavy atom. The van der Waals surface area contributed by atoms with Gasteiger partial charge in [-0.1, -0.05) is 111 Å². The first kappa shape index (κ1) is 25.0.